The molecule has 0 radical (unpaired) electrons. The maximum absolute atomic E-state index is 5.21. The molecule has 0 spiro atoms. The van der Waals surface area contributed by atoms with Crippen LogP contribution in [0.25, 0.3) is 0 Å². The molecule has 1 saturated heterocycles. The third-order valence-corrected chi connectivity index (χ3v) is 1.64. The molecule has 1 fully saturated rings. The Morgan fingerprint density at radius 2 is 1.82 bits per heavy atom. The van der Waals surface area contributed by atoms with Gasteiger partial charge >= 0.3 is 0 Å². The molecule has 1 aliphatic rings. The van der Waals surface area contributed by atoms with Crippen LogP contribution in [-0.2, 0) is 4.74 Å². The van der Waals surface area contributed by atoms with E-state index in [1.54, 1.807) is 0 Å². The number of ether oxygens (including phenoxy) is 1. The molecule has 0 saturated carbocycles. The van der Waals surface area contributed by atoms with E-state index in [0.717, 1.165) is 19.8 Å². The first kappa shape index (κ1) is 10.9. The molecule has 2 heteroatoms. The second-order valence-corrected chi connectivity index (χ2v) is 2.82. The quantitative estimate of drug-likeness (QED) is 0.639. The van der Waals surface area contributed by atoms with E-state index in [2.05, 4.69) is 6.92 Å². The Morgan fingerprint density at radius 1 is 1.18 bits per heavy atom. The Bertz CT molecular complexity index is 51.0. The fourth-order valence-corrected chi connectivity index (χ4v) is 0.905. The Labute approximate surface area is 70.1 Å². The zero-order valence-electron chi connectivity index (χ0n) is 7.64. The van der Waals surface area contributed by atoms with Gasteiger partial charge in [-0.25, -0.2) is 0 Å². The number of unbranched alkanes of at least 4 members (excludes halogenated alkanes) is 2. The lowest BCUT2D eigenvalue weighted by molar-refractivity contribution is 0.198. The predicted octanol–water partition coefficient (Wildman–Crippen LogP) is 1.93. The lowest BCUT2D eigenvalue weighted by atomic mass is 10.3. The topological polar surface area (TPSA) is 35.2 Å². The van der Waals surface area contributed by atoms with Gasteiger partial charge in [0.2, 0.25) is 0 Å². The van der Waals surface area contributed by atoms with Gasteiger partial charge in [-0.2, -0.15) is 0 Å². The average molecular weight is 159 g/mol. The molecule has 0 amide bonds. The van der Waals surface area contributed by atoms with Gasteiger partial charge in [0, 0.05) is 13.2 Å². The van der Waals surface area contributed by atoms with E-state index < -0.39 is 0 Å². The fourth-order valence-electron chi connectivity index (χ4n) is 0.905. The van der Waals surface area contributed by atoms with Gasteiger partial charge in [-0.05, 0) is 25.8 Å². The van der Waals surface area contributed by atoms with Crippen molar-refractivity contribution in [2.75, 3.05) is 19.8 Å². The van der Waals surface area contributed by atoms with Crippen molar-refractivity contribution in [1.82, 2.24) is 0 Å². The summed E-state index contributed by atoms with van der Waals surface area (Å²) in [6, 6.07) is 0. The first-order chi connectivity index (χ1) is 5.41. The van der Waals surface area contributed by atoms with Crippen LogP contribution in [0, 0.1) is 0 Å². The molecule has 1 rings (SSSR count). The molecule has 2 nitrogen and oxygen atoms in total. The monoisotopic (exact) mass is 159 g/mol. The van der Waals surface area contributed by atoms with Crippen LogP contribution in [0.15, 0.2) is 0 Å². The molecule has 0 aromatic rings. The minimum absolute atomic E-state index is 0.855. The Hall–Kier alpha value is -0.0800. The highest BCUT2D eigenvalue weighted by molar-refractivity contribution is 4.43. The van der Waals surface area contributed by atoms with Gasteiger partial charge in [0.05, 0.1) is 0 Å². The second-order valence-electron chi connectivity index (χ2n) is 2.82. The number of rotatable bonds is 3. The molecule has 0 aromatic carbocycles. The summed E-state index contributed by atoms with van der Waals surface area (Å²) in [5.41, 5.74) is 5.21. The third kappa shape index (κ3) is 9.92. The maximum atomic E-state index is 5.21. The molecule has 0 bridgehead atoms. The Balaban J connectivity index is 0.000000183. The number of hydrogen-bond acceptors (Lipinski definition) is 2. The van der Waals surface area contributed by atoms with E-state index >= 15 is 0 Å². The summed E-state index contributed by atoms with van der Waals surface area (Å²) in [6.07, 6.45) is 6.31. The molecular formula is C9H21NO. The SMILES string of the molecule is C1CCOC1.CCCCCN. The molecule has 1 aliphatic heterocycles. The largest absolute Gasteiger partial charge is 0.381 e. The minimum atomic E-state index is 0.855. The molecule has 0 aromatic heterocycles. The van der Waals surface area contributed by atoms with Gasteiger partial charge in [0.15, 0.2) is 0 Å². The van der Waals surface area contributed by atoms with Gasteiger partial charge in [0.25, 0.3) is 0 Å². The van der Waals surface area contributed by atoms with Gasteiger partial charge in [0.1, 0.15) is 0 Å². The van der Waals surface area contributed by atoms with Crippen molar-refractivity contribution in [1.29, 1.82) is 0 Å². The molecule has 0 aliphatic carbocycles. The first-order valence-corrected chi connectivity index (χ1v) is 4.69. The molecule has 1 heterocycles. The van der Waals surface area contributed by atoms with Crippen LogP contribution in [0.4, 0.5) is 0 Å². The molecule has 2 N–H and O–H groups in total. The van der Waals surface area contributed by atoms with Crippen molar-refractivity contribution >= 4 is 0 Å². The van der Waals surface area contributed by atoms with Gasteiger partial charge in [-0.1, -0.05) is 19.8 Å². The highest BCUT2D eigenvalue weighted by Gasteiger charge is 1.94. The second kappa shape index (κ2) is 9.92. The lowest BCUT2D eigenvalue weighted by Crippen LogP contribution is -1.96. The van der Waals surface area contributed by atoms with Crippen LogP contribution >= 0.6 is 0 Å². The smallest absolute Gasteiger partial charge is 0.0466 e. The number of nitrogens with two attached hydrogens (primary N) is 1. The lowest BCUT2D eigenvalue weighted by Gasteiger charge is -1.86. The zero-order chi connectivity index (χ0) is 8.36. The maximum Gasteiger partial charge on any atom is 0.0466 e. The van der Waals surface area contributed by atoms with Crippen LogP contribution < -0.4 is 5.73 Å². The molecule has 11 heavy (non-hydrogen) atoms. The average Bonchev–Trinajstić information content (AvgIpc) is 2.57. The van der Waals surface area contributed by atoms with Crippen LogP contribution in [0.2, 0.25) is 0 Å². The van der Waals surface area contributed by atoms with Gasteiger partial charge in [-0.15, -0.1) is 0 Å². The van der Waals surface area contributed by atoms with E-state index in [1.165, 1.54) is 32.1 Å². The Morgan fingerprint density at radius 3 is 2.00 bits per heavy atom. The van der Waals surface area contributed by atoms with Crippen molar-refractivity contribution in [2.45, 2.75) is 39.0 Å². The summed E-state index contributed by atoms with van der Waals surface area (Å²) in [5.74, 6) is 0. The van der Waals surface area contributed by atoms with Crippen LogP contribution in [0.5, 0.6) is 0 Å². The van der Waals surface area contributed by atoms with Gasteiger partial charge in [-0.3, -0.25) is 0 Å². The van der Waals surface area contributed by atoms with Gasteiger partial charge < -0.3 is 10.5 Å². The highest BCUT2D eigenvalue weighted by atomic mass is 16.5. The van der Waals surface area contributed by atoms with E-state index in [4.69, 9.17) is 10.5 Å². The van der Waals surface area contributed by atoms with Crippen LogP contribution in [-0.4, -0.2) is 19.8 Å². The van der Waals surface area contributed by atoms with Crippen molar-refractivity contribution in [3.63, 3.8) is 0 Å². The summed E-state index contributed by atoms with van der Waals surface area (Å²) in [5, 5.41) is 0. The van der Waals surface area contributed by atoms with Crippen molar-refractivity contribution in [2.24, 2.45) is 5.73 Å². The molecule has 0 atom stereocenters. The molecule has 0 unspecified atom stereocenters. The summed E-state index contributed by atoms with van der Waals surface area (Å²) < 4.78 is 4.94. The van der Waals surface area contributed by atoms with Crippen LogP contribution in [0.1, 0.15) is 39.0 Å². The summed E-state index contributed by atoms with van der Waals surface area (Å²) in [4.78, 5) is 0. The molecular weight excluding hydrogens is 138 g/mol. The van der Waals surface area contributed by atoms with Crippen LogP contribution in [0.3, 0.4) is 0 Å². The third-order valence-electron chi connectivity index (χ3n) is 1.64. The molecule has 68 valence electrons. The van der Waals surface area contributed by atoms with E-state index in [1.807, 2.05) is 0 Å². The summed E-state index contributed by atoms with van der Waals surface area (Å²) in [7, 11) is 0. The minimum Gasteiger partial charge on any atom is -0.381 e. The van der Waals surface area contributed by atoms with E-state index in [0.29, 0.717) is 0 Å². The van der Waals surface area contributed by atoms with Crippen molar-refractivity contribution < 1.29 is 4.74 Å². The van der Waals surface area contributed by atoms with Crippen molar-refractivity contribution in [3.05, 3.63) is 0 Å². The fraction of sp³-hybridized carbons (Fsp3) is 1.00. The summed E-state index contributed by atoms with van der Waals surface area (Å²) >= 11 is 0. The first-order valence-electron chi connectivity index (χ1n) is 4.69. The highest BCUT2D eigenvalue weighted by Crippen LogP contribution is 1.98. The van der Waals surface area contributed by atoms with E-state index in [9.17, 15) is 0 Å². The number of hydrogen-bond donors (Lipinski definition) is 1. The summed E-state index contributed by atoms with van der Waals surface area (Å²) in [6.45, 7) is 5.03. The zero-order valence-corrected chi connectivity index (χ0v) is 7.64. The predicted molar refractivity (Wildman–Crippen MR) is 48.6 cm³/mol. The van der Waals surface area contributed by atoms with Crippen molar-refractivity contribution in [3.8, 4) is 0 Å². The Kier molecular flexibility index (Phi) is 9.85. The normalized spacial score (nSPS) is 15.8. The standard InChI is InChI=1S/C5H13N.C4H8O/c1-2-3-4-5-6;1-2-4-5-3-1/h2-6H2,1H3;1-4H2. The van der Waals surface area contributed by atoms with E-state index in [-0.39, 0.29) is 0 Å².